The van der Waals surface area contributed by atoms with Crippen LogP contribution in [0, 0.1) is 11.8 Å². The van der Waals surface area contributed by atoms with E-state index < -0.39 is 42.3 Å². The van der Waals surface area contributed by atoms with Crippen molar-refractivity contribution in [1.29, 1.82) is 0 Å². The number of hydrogen-bond donors (Lipinski definition) is 1. The van der Waals surface area contributed by atoms with E-state index in [-0.39, 0.29) is 30.0 Å². The molecular formula is C20H40N4O6SSi. The van der Waals surface area contributed by atoms with Crippen LogP contribution >= 0.6 is 0 Å². The first-order chi connectivity index (χ1) is 14.4. The Bertz CT molecular complexity index is 796. The molecule has 3 atom stereocenters. The van der Waals surface area contributed by atoms with Gasteiger partial charge in [-0.1, -0.05) is 25.9 Å². The predicted molar refractivity (Wildman–Crippen MR) is 126 cm³/mol. The third-order valence-electron chi connectivity index (χ3n) is 5.80. The zero-order valence-corrected chi connectivity index (χ0v) is 22.7. The van der Waals surface area contributed by atoms with Crippen molar-refractivity contribution in [1.82, 2.24) is 5.32 Å². The van der Waals surface area contributed by atoms with Crippen molar-refractivity contribution in [2.45, 2.75) is 90.3 Å². The predicted octanol–water partition coefficient (Wildman–Crippen LogP) is 4.58. The maximum Gasteiger partial charge on any atom is 0.408 e. The zero-order valence-electron chi connectivity index (χ0n) is 20.8. The number of nitrogens with one attached hydrogen (secondary N) is 1. The monoisotopic (exact) mass is 492 g/mol. The summed E-state index contributed by atoms with van der Waals surface area (Å²) in [7, 11) is -6.12. The molecule has 0 bridgehead atoms. The molecule has 0 unspecified atom stereocenters. The van der Waals surface area contributed by atoms with Crippen LogP contribution in [0.25, 0.3) is 10.4 Å². The molecule has 10 nitrogen and oxygen atoms in total. The van der Waals surface area contributed by atoms with E-state index in [0.717, 1.165) is 19.1 Å². The lowest BCUT2D eigenvalue weighted by Crippen LogP contribution is -2.57. The fourth-order valence-corrected chi connectivity index (χ4v) is 4.80. The lowest BCUT2D eigenvalue weighted by molar-refractivity contribution is 0.0253. The molecule has 1 aliphatic rings. The molecule has 32 heavy (non-hydrogen) atoms. The number of nitrogens with zero attached hydrogens (tertiary/aromatic N) is 3. The van der Waals surface area contributed by atoms with E-state index in [2.05, 4.69) is 49.2 Å². The molecule has 186 valence electrons. The maximum absolute atomic E-state index is 12.6. The molecule has 0 heterocycles. The number of carbonyl (C=O) groups excluding carboxylic acids is 1. The SMILES string of the molecule is CC(C)(C)OC(=O)N[C@H](COS(C)(=O)=O)[C@H](O[Si](C)(C)C(C)(C)C)[C@H](CN=[N+]=[N-])C1CC1. The Hall–Kier alpha value is -1.33. The zero-order chi connectivity index (χ0) is 25.0. The standard InChI is InChI=1S/C20H40N4O6SSi/c1-19(2,3)29-18(25)23-16(13-28-31(7,26)27)17(30-32(8,9)20(4,5)6)15(12-22-24-21)14-10-11-14/h14-17H,10-13H2,1-9H3,(H,23,25)/t15-,16-,17-/m1/s1. The minimum absolute atomic E-state index is 0.133. The van der Waals surface area contributed by atoms with Crippen LogP contribution in [0.15, 0.2) is 5.11 Å². The van der Waals surface area contributed by atoms with Crippen molar-refractivity contribution < 1.29 is 26.6 Å². The highest BCUT2D eigenvalue weighted by atomic mass is 32.2. The van der Waals surface area contributed by atoms with E-state index in [4.69, 9.17) is 18.9 Å². The van der Waals surface area contributed by atoms with Gasteiger partial charge in [-0.25, -0.2) is 4.79 Å². The summed E-state index contributed by atoms with van der Waals surface area (Å²) in [6, 6.07) is -0.812. The van der Waals surface area contributed by atoms with E-state index in [1.54, 1.807) is 20.8 Å². The van der Waals surface area contributed by atoms with Gasteiger partial charge in [0.15, 0.2) is 8.32 Å². The second kappa shape index (κ2) is 10.7. The van der Waals surface area contributed by atoms with E-state index >= 15 is 0 Å². The number of ether oxygens (including phenoxy) is 1. The van der Waals surface area contributed by atoms with Gasteiger partial charge >= 0.3 is 6.09 Å². The molecule has 1 fully saturated rings. The van der Waals surface area contributed by atoms with Crippen LogP contribution in [0.2, 0.25) is 18.1 Å². The second-order valence-electron chi connectivity index (χ2n) is 11.0. The van der Waals surface area contributed by atoms with Crippen LogP contribution in [-0.4, -0.2) is 60.0 Å². The molecule has 0 aliphatic heterocycles. The first kappa shape index (κ1) is 28.7. The van der Waals surface area contributed by atoms with E-state index in [0.29, 0.717) is 0 Å². The average Bonchev–Trinajstić information content (AvgIpc) is 3.39. The third kappa shape index (κ3) is 10.1. The molecule has 0 spiro atoms. The minimum Gasteiger partial charge on any atom is -0.444 e. The molecule has 1 N–H and O–H groups in total. The van der Waals surface area contributed by atoms with Gasteiger partial charge in [0.05, 0.1) is 25.0 Å². The van der Waals surface area contributed by atoms with Crippen LogP contribution in [0.4, 0.5) is 4.79 Å². The van der Waals surface area contributed by atoms with Crippen LogP contribution in [0.5, 0.6) is 0 Å². The topological polar surface area (TPSA) is 140 Å². The summed E-state index contributed by atoms with van der Waals surface area (Å²) in [5, 5.41) is 6.43. The van der Waals surface area contributed by atoms with E-state index in [1.807, 2.05) is 0 Å². The van der Waals surface area contributed by atoms with E-state index in [1.165, 1.54) is 0 Å². The van der Waals surface area contributed by atoms with Gasteiger partial charge in [0.25, 0.3) is 10.1 Å². The molecule has 1 aliphatic carbocycles. The van der Waals surface area contributed by atoms with Crippen LogP contribution in [-0.2, 0) is 23.5 Å². The highest BCUT2D eigenvalue weighted by Gasteiger charge is 2.47. The van der Waals surface area contributed by atoms with Crippen molar-refractivity contribution in [3.63, 3.8) is 0 Å². The van der Waals surface area contributed by atoms with Crippen molar-refractivity contribution >= 4 is 24.5 Å². The van der Waals surface area contributed by atoms with Gasteiger partial charge in [-0.15, -0.1) is 0 Å². The molecule has 1 amide bonds. The Kier molecular flexibility index (Phi) is 9.62. The largest absolute Gasteiger partial charge is 0.444 e. The van der Waals surface area contributed by atoms with Crippen molar-refractivity contribution in [2.24, 2.45) is 17.0 Å². The Morgan fingerprint density at radius 1 is 1.22 bits per heavy atom. The van der Waals surface area contributed by atoms with Gasteiger partial charge in [-0.2, -0.15) is 8.42 Å². The van der Waals surface area contributed by atoms with Gasteiger partial charge in [-0.05, 0) is 69.1 Å². The number of carbonyl (C=O) groups is 1. The highest BCUT2D eigenvalue weighted by molar-refractivity contribution is 7.85. The Morgan fingerprint density at radius 2 is 1.78 bits per heavy atom. The first-order valence-corrected chi connectivity index (χ1v) is 15.6. The summed E-state index contributed by atoms with van der Waals surface area (Å²) in [6.07, 6.45) is 1.56. The molecule has 1 rings (SSSR count). The summed E-state index contributed by atoms with van der Waals surface area (Å²) < 4.78 is 40.7. The summed E-state index contributed by atoms with van der Waals surface area (Å²) in [6.45, 7) is 15.6. The molecule has 0 saturated heterocycles. The lowest BCUT2D eigenvalue weighted by Gasteiger charge is -2.44. The van der Waals surface area contributed by atoms with Crippen LogP contribution in [0.1, 0.15) is 54.4 Å². The van der Waals surface area contributed by atoms with E-state index in [9.17, 15) is 13.2 Å². The Balaban J connectivity index is 3.37. The number of rotatable bonds is 11. The molecule has 0 aromatic carbocycles. The fourth-order valence-electron chi connectivity index (χ4n) is 3.04. The fraction of sp³-hybridized carbons (Fsp3) is 0.950. The first-order valence-electron chi connectivity index (χ1n) is 10.9. The van der Waals surface area contributed by atoms with Gasteiger partial charge in [0.2, 0.25) is 0 Å². The normalized spacial score (nSPS) is 18.3. The number of azide groups is 1. The Morgan fingerprint density at radius 3 is 2.19 bits per heavy atom. The lowest BCUT2D eigenvalue weighted by atomic mass is 9.92. The minimum atomic E-state index is -3.76. The maximum atomic E-state index is 12.6. The summed E-state index contributed by atoms with van der Waals surface area (Å²) in [4.78, 5) is 15.5. The highest BCUT2D eigenvalue weighted by Crippen LogP contribution is 2.44. The van der Waals surface area contributed by atoms with Crippen molar-refractivity contribution in [2.75, 3.05) is 19.4 Å². The van der Waals surface area contributed by atoms with Crippen molar-refractivity contribution in [3.8, 4) is 0 Å². The summed E-state index contributed by atoms with van der Waals surface area (Å²) >= 11 is 0. The molecule has 1 saturated carbocycles. The van der Waals surface area contributed by atoms with Gasteiger partial charge in [0, 0.05) is 11.5 Å². The third-order valence-corrected chi connectivity index (χ3v) is 10.8. The quantitative estimate of drug-likeness (QED) is 0.147. The average molecular weight is 493 g/mol. The molecule has 0 radical (unpaired) electrons. The van der Waals surface area contributed by atoms with Crippen LogP contribution in [0.3, 0.4) is 0 Å². The molecule has 12 heteroatoms. The van der Waals surface area contributed by atoms with Crippen LogP contribution < -0.4 is 5.32 Å². The second-order valence-corrected chi connectivity index (χ2v) is 17.4. The Labute approximate surface area is 193 Å². The smallest absolute Gasteiger partial charge is 0.408 e. The molecule has 0 aromatic heterocycles. The summed E-state index contributed by atoms with van der Waals surface area (Å²) in [5.41, 5.74) is 8.18. The van der Waals surface area contributed by atoms with Gasteiger partial charge in [0.1, 0.15) is 5.60 Å². The number of hydrogen-bond acceptors (Lipinski definition) is 7. The van der Waals surface area contributed by atoms with Gasteiger partial charge in [-0.3, -0.25) is 4.18 Å². The number of amides is 1. The van der Waals surface area contributed by atoms with Gasteiger partial charge < -0.3 is 14.5 Å². The number of alkyl carbamates (subject to hydrolysis) is 1. The summed E-state index contributed by atoms with van der Waals surface area (Å²) in [5.74, 6) is 0.0690. The van der Waals surface area contributed by atoms with Crippen molar-refractivity contribution in [3.05, 3.63) is 10.4 Å². The molecule has 0 aromatic rings. The molecular weight excluding hydrogens is 452 g/mol.